The third-order valence-corrected chi connectivity index (χ3v) is 3.39. The van der Waals surface area contributed by atoms with Crippen molar-refractivity contribution in [3.63, 3.8) is 0 Å². The van der Waals surface area contributed by atoms with Gasteiger partial charge in [-0.25, -0.2) is 0 Å². The van der Waals surface area contributed by atoms with Gasteiger partial charge in [0, 0.05) is 4.83 Å². The molecule has 0 saturated heterocycles. The Morgan fingerprint density at radius 2 is 1.65 bits per heavy atom. The molecule has 2 aromatic carbocycles. The maximum Gasteiger partial charge on any atom is 0.390 e. The van der Waals surface area contributed by atoms with Gasteiger partial charge in [0.25, 0.3) is 0 Å². The summed E-state index contributed by atoms with van der Waals surface area (Å²) in [5.41, 5.74) is 0.681. The molecule has 1 unspecified atom stereocenters. The molecule has 90 valence electrons. The second-order valence-electron chi connectivity index (χ2n) is 3.86. The van der Waals surface area contributed by atoms with E-state index in [4.69, 9.17) is 0 Å². The average Bonchev–Trinajstić information content (AvgIpc) is 2.26. The first-order valence-corrected chi connectivity index (χ1v) is 6.07. The number of fused-ring (bicyclic) bond motifs is 1. The summed E-state index contributed by atoms with van der Waals surface area (Å²) in [6, 6.07) is 12.8. The lowest BCUT2D eigenvalue weighted by molar-refractivity contribution is -0.134. The van der Waals surface area contributed by atoms with Gasteiger partial charge in [0.05, 0.1) is 6.42 Å². The van der Waals surface area contributed by atoms with Crippen LogP contribution in [0.2, 0.25) is 0 Å². The fourth-order valence-electron chi connectivity index (χ4n) is 1.84. The van der Waals surface area contributed by atoms with Gasteiger partial charge in [0.1, 0.15) is 0 Å². The predicted octanol–water partition coefficient (Wildman–Crippen LogP) is 5.23. The van der Waals surface area contributed by atoms with Crippen molar-refractivity contribution >= 4 is 26.7 Å². The second-order valence-corrected chi connectivity index (χ2v) is 4.96. The Hall–Kier alpha value is -1.03. The third-order valence-electron chi connectivity index (χ3n) is 2.57. The van der Waals surface area contributed by atoms with Crippen molar-refractivity contribution in [3.05, 3.63) is 48.0 Å². The van der Waals surface area contributed by atoms with Crippen molar-refractivity contribution in [1.82, 2.24) is 0 Å². The van der Waals surface area contributed by atoms with E-state index in [9.17, 15) is 13.2 Å². The standard InChI is InChI=1S/C13H10BrF3/c14-12(8-13(15,16)17)11-7-3-5-9-4-1-2-6-10(9)11/h1-7,12H,8H2. The SMILES string of the molecule is FC(F)(F)CC(Br)c1cccc2ccccc12. The first-order chi connectivity index (χ1) is 7.97. The summed E-state index contributed by atoms with van der Waals surface area (Å²) in [5.74, 6) is 0. The summed E-state index contributed by atoms with van der Waals surface area (Å²) in [5, 5.41) is 1.82. The van der Waals surface area contributed by atoms with Crippen LogP contribution in [-0.2, 0) is 0 Å². The maximum absolute atomic E-state index is 12.4. The molecule has 0 saturated carbocycles. The number of halogens is 4. The molecule has 0 spiro atoms. The molecule has 17 heavy (non-hydrogen) atoms. The molecule has 1 atom stereocenters. The Morgan fingerprint density at radius 3 is 2.35 bits per heavy atom. The van der Waals surface area contributed by atoms with Crippen molar-refractivity contribution in [3.8, 4) is 0 Å². The van der Waals surface area contributed by atoms with E-state index in [1.54, 1.807) is 12.1 Å². The Bertz CT molecular complexity index is 514. The van der Waals surface area contributed by atoms with E-state index >= 15 is 0 Å². The van der Waals surface area contributed by atoms with Gasteiger partial charge in [-0.3, -0.25) is 0 Å². The number of hydrogen-bond donors (Lipinski definition) is 0. The molecule has 0 N–H and O–H groups in total. The largest absolute Gasteiger partial charge is 0.390 e. The molecule has 0 amide bonds. The van der Waals surface area contributed by atoms with E-state index in [2.05, 4.69) is 15.9 Å². The van der Waals surface area contributed by atoms with Gasteiger partial charge in [-0.05, 0) is 16.3 Å². The van der Waals surface area contributed by atoms with Crippen molar-refractivity contribution < 1.29 is 13.2 Å². The van der Waals surface area contributed by atoms with Gasteiger partial charge in [-0.15, -0.1) is 0 Å². The first kappa shape index (κ1) is 12.4. The quantitative estimate of drug-likeness (QED) is 0.667. The van der Waals surface area contributed by atoms with Crippen LogP contribution in [0.4, 0.5) is 13.2 Å². The fraction of sp³-hybridized carbons (Fsp3) is 0.231. The highest BCUT2D eigenvalue weighted by Gasteiger charge is 2.31. The first-order valence-electron chi connectivity index (χ1n) is 5.16. The molecule has 0 aromatic heterocycles. The zero-order chi connectivity index (χ0) is 12.5. The molecule has 0 radical (unpaired) electrons. The third kappa shape index (κ3) is 3.00. The molecule has 0 aliphatic carbocycles. The summed E-state index contributed by atoms with van der Waals surface area (Å²) in [6.07, 6.45) is -5.02. The van der Waals surface area contributed by atoms with Crippen molar-refractivity contribution in [2.24, 2.45) is 0 Å². The van der Waals surface area contributed by atoms with Crippen molar-refractivity contribution in [1.29, 1.82) is 0 Å². The minimum atomic E-state index is -4.16. The zero-order valence-electron chi connectivity index (χ0n) is 8.84. The van der Waals surface area contributed by atoms with Crippen LogP contribution in [0.5, 0.6) is 0 Å². The topological polar surface area (TPSA) is 0 Å². The van der Waals surface area contributed by atoms with Crippen LogP contribution in [0, 0.1) is 0 Å². The molecule has 2 aromatic rings. The summed E-state index contributed by atoms with van der Waals surface area (Å²) in [4.78, 5) is -0.700. The van der Waals surface area contributed by atoms with Crippen LogP contribution in [0.15, 0.2) is 42.5 Å². The van der Waals surface area contributed by atoms with E-state index in [1.165, 1.54) is 0 Å². The van der Waals surface area contributed by atoms with Gasteiger partial charge < -0.3 is 0 Å². The predicted molar refractivity (Wildman–Crippen MR) is 66.3 cm³/mol. The lowest BCUT2D eigenvalue weighted by atomic mass is 10.0. The van der Waals surface area contributed by atoms with Gasteiger partial charge in [-0.1, -0.05) is 58.4 Å². The Kier molecular flexibility index (Phi) is 3.43. The molecule has 0 nitrogen and oxygen atoms in total. The lowest BCUT2D eigenvalue weighted by Gasteiger charge is -2.15. The average molecular weight is 303 g/mol. The molecule has 0 aliphatic rings. The van der Waals surface area contributed by atoms with Gasteiger partial charge in [0.15, 0.2) is 0 Å². The summed E-state index contributed by atoms with van der Waals surface area (Å²) in [6.45, 7) is 0. The Morgan fingerprint density at radius 1 is 1.00 bits per heavy atom. The molecule has 0 heterocycles. The Balaban J connectivity index is 2.41. The summed E-state index contributed by atoms with van der Waals surface area (Å²) < 4.78 is 37.1. The molecular formula is C13H10BrF3. The maximum atomic E-state index is 12.4. The van der Waals surface area contributed by atoms with E-state index in [-0.39, 0.29) is 0 Å². The number of benzene rings is 2. The second kappa shape index (κ2) is 4.69. The van der Waals surface area contributed by atoms with E-state index < -0.39 is 17.4 Å². The normalized spacial score (nSPS) is 13.9. The zero-order valence-corrected chi connectivity index (χ0v) is 10.4. The molecule has 0 bridgehead atoms. The van der Waals surface area contributed by atoms with Crippen LogP contribution in [0.25, 0.3) is 10.8 Å². The Labute approximate surface area is 106 Å². The van der Waals surface area contributed by atoms with Crippen LogP contribution >= 0.6 is 15.9 Å². The summed E-state index contributed by atoms with van der Waals surface area (Å²) >= 11 is 3.12. The van der Waals surface area contributed by atoms with Crippen LogP contribution < -0.4 is 0 Å². The highest BCUT2D eigenvalue weighted by Crippen LogP contribution is 2.38. The van der Waals surface area contributed by atoms with Crippen LogP contribution in [-0.4, -0.2) is 6.18 Å². The molecule has 0 aliphatic heterocycles. The minimum Gasteiger partial charge on any atom is -0.171 e. The molecular weight excluding hydrogens is 293 g/mol. The number of rotatable bonds is 2. The van der Waals surface area contributed by atoms with Gasteiger partial charge >= 0.3 is 6.18 Å². The highest BCUT2D eigenvalue weighted by atomic mass is 79.9. The number of hydrogen-bond acceptors (Lipinski definition) is 0. The fourth-order valence-corrected chi connectivity index (χ4v) is 2.60. The van der Waals surface area contributed by atoms with Crippen molar-refractivity contribution in [2.75, 3.05) is 0 Å². The van der Waals surface area contributed by atoms with Crippen molar-refractivity contribution in [2.45, 2.75) is 17.4 Å². The monoisotopic (exact) mass is 302 g/mol. The summed E-state index contributed by atoms with van der Waals surface area (Å²) in [7, 11) is 0. The van der Waals surface area contributed by atoms with Gasteiger partial charge in [0.2, 0.25) is 0 Å². The lowest BCUT2D eigenvalue weighted by Crippen LogP contribution is -2.10. The van der Waals surface area contributed by atoms with Gasteiger partial charge in [-0.2, -0.15) is 13.2 Å². The molecule has 4 heteroatoms. The highest BCUT2D eigenvalue weighted by molar-refractivity contribution is 9.09. The minimum absolute atomic E-state index is 0.681. The van der Waals surface area contributed by atoms with E-state index in [0.717, 1.165) is 10.8 Å². The van der Waals surface area contributed by atoms with Crippen LogP contribution in [0.1, 0.15) is 16.8 Å². The smallest absolute Gasteiger partial charge is 0.171 e. The molecule has 0 fully saturated rings. The van der Waals surface area contributed by atoms with E-state index in [1.807, 2.05) is 30.3 Å². The van der Waals surface area contributed by atoms with Crippen LogP contribution in [0.3, 0.4) is 0 Å². The van der Waals surface area contributed by atoms with E-state index in [0.29, 0.717) is 5.56 Å². The number of alkyl halides is 4. The molecule has 2 rings (SSSR count).